The molecule has 0 spiro atoms. The number of benzene rings is 2. The van der Waals surface area contributed by atoms with Crippen molar-refractivity contribution in [3.05, 3.63) is 63.8 Å². The fraction of sp³-hybridized carbons (Fsp3) is 0.227. The Morgan fingerprint density at radius 2 is 1.97 bits per heavy atom. The fourth-order valence-corrected chi connectivity index (χ4v) is 3.79. The van der Waals surface area contributed by atoms with E-state index in [0.29, 0.717) is 31.9 Å². The molecule has 0 aliphatic carbocycles. The van der Waals surface area contributed by atoms with Gasteiger partial charge in [0, 0.05) is 18.1 Å². The van der Waals surface area contributed by atoms with E-state index in [0.717, 1.165) is 33.1 Å². The van der Waals surface area contributed by atoms with E-state index in [-0.39, 0.29) is 0 Å². The summed E-state index contributed by atoms with van der Waals surface area (Å²) in [4.78, 5) is 5.38. The molecule has 0 atom stereocenters. The lowest BCUT2D eigenvalue weighted by Crippen LogP contribution is -2.16. The summed E-state index contributed by atoms with van der Waals surface area (Å²) >= 11 is 1.51. The quantitative estimate of drug-likeness (QED) is 0.453. The number of fused-ring (bicyclic) bond motifs is 1. The summed E-state index contributed by atoms with van der Waals surface area (Å²) in [5, 5.41) is 15.7. The molecular weight excluding hydrogens is 400 g/mol. The second-order valence-corrected chi connectivity index (χ2v) is 7.26. The molecule has 0 bridgehead atoms. The first-order valence-corrected chi connectivity index (χ1v) is 10.3. The first-order chi connectivity index (χ1) is 14.8. The summed E-state index contributed by atoms with van der Waals surface area (Å²) < 4.78 is 18.3. The summed E-state index contributed by atoms with van der Waals surface area (Å²) in [6.45, 7) is 2.18. The molecule has 4 rings (SSSR count). The monoisotopic (exact) mass is 420 g/mol. The molecule has 1 aliphatic rings. The van der Waals surface area contributed by atoms with Gasteiger partial charge < -0.3 is 14.2 Å². The number of hydrogen-bond acceptors (Lipinski definition) is 7. The number of nitriles is 1. The first kappa shape index (κ1) is 19.9. The van der Waals surface area contributed by atoms with Gasteiger partial charge in [0.2, 0.25) is 4.80 Å². The van der Waals surface area contributed by atoms with E-state index in [1.165, 1.54) is 11.3 Å². The Balaban J connectivity index is 1.72. The smallest absolute Gasteiger partial charge is 0.206 e. The first-order valence-electron chi connectivity index (χ1n) is 9.43. The minimum Gasteiger partial charge on any atom is -0.486 e. The number of nitrogens with zero attached hydrogens (tertiary/aromatic N) is 4. The van der Waals surface area contributed by atoms with Crippen molar-refractivity contribution >= 4 is 17.6 Å². The molecule has 30 heavy (non-hydrogen) atoms. The molecule has 2 heterocycles. The van der Waals surface area contributed by atoms with Crippen LogP contribution in [0.1, 0.15) is 11.1 Å². The summed E-state index contributed by atoms with van der Waals surface area (Å²) in [6.07, 6.45) is 1.75. The maximum atomic E-state index is 8.97. The fourth-order valence-electron chi connectivity index (χ4n) is 2.92. The second-order valence-electron chi connectivity index (χ2n) is 6.43. The van der Waals surface area contributed by atoms with Crippen molar-refractivity contribution in [2.75, 3.05) is 33.5 Å². The van der Waals surface area contributed by atoms with Crippen LogP contribution in [0.4, 0.5) is 0 Å². The summed E-state index contributed by atoms with van der Waals surface area (Å²) in [5.74, 6) is 1.48. The highest BCUT2D eigenvalue weighted by atomic mass is 32.1. The molecule has 152 valence electrons. The van der Waals surface area contributed by atoms with Crippen molar-refractivity contribution in [1.82, 2.24) is 4.68 Å². The topological polar surface area (TPSA) is 81.1 Å². The Morgan fingerprint density at radius 1 is 1.17 bits per heavy atom. The van der Waals surface area contributed by atoms with Crippen molar-refractivity contribution in [2.24, 2.45) is 10.1 Å². The Bertz CT molecular complexity index is 1160. The highest BCUT2D eigenvalue weighted by Gasteiger charge is 2.15. The van der Waals surface area contributed by atoms with Crippen LogP contribution in [0.2, 0.25) is 0 Å². The van der Waals surface area contributed by atoms with Crippen molar-refractivity contribution < 1.29 is 14.2 Å². The normalized spacial score (nSPS) is 13.5. The van der Waals surface area contributed by atoms with Gasteiger partial charge in [0.25, 0.3) is 0 Å². The van der Waals surface area contributed by atoms with Gasteiger partial charge in [0.1, 0.15) is 13.2 Å². The van der Waals surface area contributed by atoms with Gasteiger partial charge >= 0.3 is 0 Å². The minimum absolute atomic E-state index is 0.536. The molecule has 3 aromatic rings. The Kier molecular flexibility index (Phi) is 6.23. The summed E-state index contributed by atoms with van der Waals surface area (Å²) in [6, 6.07) is 15.2. The van der Waals surface area contributed by atoms with Gasteiger partial charge in [-0.15, -0.1) is 11.3 Å². The van der Waals surface area contributed by atoms with Crippen LogP contribution in [0.25, 0.3) is 11.3 Å². The van der Waals surface area contributed by atoms with Crippen LogP contribution in [-0.2, 0) is 4.74 Å². The largest absolute Gasteiger partial charge is 0.486 e. The molecule has 0 fully saturated rings. The number of hydrogen-bond donors (Lipinski definition) is 0. The lowest BCUT2D eigenvalue weighted by atomic mass is 10.1. The molecule has 0 radical (unpaired) electrons. The number of aromatic nitrogens is 1. The molecular formula is C22H20N4O3S. The standard InChI is InChI=1S/C22H20N4O3S/c1-27-9-8-24-22-26(25-14-17-4-2-16(13-23)3-5-17)19(15-30-22)18-6-7-20-21(12-18)29-11-10-28-20/h2-7,12,14-15H,8-11H2,1H3/b24-22?,25-14-. The summed E-state index contributed by atoms with van der Waals surface area (Å²) in [7, 11) is 1.65. The van der Waals surface area contributed by atoms with Gasteiger partial charge in [-0.05, 0) is 35.9 Å². The molecule has 8 heteroatoms. The van der Waals surface area contributed by atoms with Crippen molar-refractivity contribution in [2.45, 2.75) is 0 Å². The van der Waals surface area contributed by atoms with E-state index in [4.69, 9.17) is 19.5 Å². The molecule has 7 nitrogen and oxygen atoms in total. The van der Waals surface area contributed by atoms with Crippen molar-refractivity contribution in [3.63, 3.8) is 0 Å². The van der Waals surface area contributed by atoms with Crippen LogP contribution in [0.15, 0.2) is 57.9 Å². The second kappa shape index (κ2) is 9.39. The maximum Gasteiger partial charge on any atom is 0.206 e. The molecule has 0 saturated heterocycles. The average Bonchev–Trinajstić information content (AvgIpc) is 3.20. The number of ether oxygens (including phenoxy) is 3. The van der Waals surface area contributed by atoms with Gasteiger partial charge in [-0.25, -0.2) is 4.68 Å². The van der Waals surface area contributed by atoms with Gasteiger partial charge in [-0.2, -0.15) is 10.4 Å². The van der Waals surface area contributed by atoms with E-state index in [1.807, 2.05) is 40.4 Å². The number of thiazole rings is 1. The minimum atomic E-state index is 0.536. The summed E-state index contributed by atoms with van der Waals surface area (Å²) in [5.41, 5.74) is 3.37. The Morgan fingerprint density at radius 3 is 2.73 bits per heavy atom. The zero-order chi connectivity index (χ0) is 20.8. The number of rotatable bonds is 6. The van der Waals surface area contributed by atoms with Crippen LogP contribution in [-0.4, -0.2) is 44.4 Å². The van der Waals surface area contributed by atoms with Crippen molar-refractivity contribution in [3.8, 4) is 28.8 Å². The lowest BCUT2D eigenvalue weighted by Gasteiger charge is -2.18. The SMILES string of the molecule is COCCN=c1scc(-c2ccc3c(c2)OCCO3)n1/N=C\c1ccc(C#N)cc1. The highest BCUT2D eigenvalue weighted by Crippen LogP contribution is 2.34. The molecule has 0 amide bonds. The van der Waals surface area contributed by atoms with Crippen LogP contribution >= 0.6 is 11.3 Å². The van der Waals surface area contributed by atoms with E-state index < -0.39 is 0 Å². The van der Waals surface area contributed by atoms with E-state index in [1.54, 1.807) is 25.5 Å². The molecule has 1 aromatic heterocycles. The predicted molar refractivity (Wildman–Crippen MR) is 115 cm³/mol. The predicted octanol–water partition coefficient (Wildman–Crippen LogP) is 3.29. The average molecular weight is 420 g/mol. The zero-order valence-corrected chi connectivity index (χ0v) is 17.3. The Labute approximate surface area is 178 Å². The highest BCUT2D eigenvalue weighted by molar-refractivity contribution is 7.07. The third kappa shape index (κ3) is 4.43. The van der Waals surface area contributed by atoms with Crippen LogP contribution in [0.3, 0.4) is 0 Å². The van der Waals surface area contributed by atoms with Crippen LogP contribution < -0.4 is 14.3 Å². The molecule has 0 saturated carbocycles. The molecule has 1 aliphatic heterocycles. The molecule has 0 N–H and O–H groups in total. The van der Waals surface area contributed by atoms with Gasteiger partial charge in [-0.3, -0.25) is 4.99 Å². The Hall–Kier alpha value is -3.41. The number of methoxy groups -OCH3 is 1. The van der Waals surface area contributed by atoms with Crippen LogP contribution in [0, 0.1) is 11.3 Å². The van der Waals surface area contributed by atoms with E-state index >= 15 is 0 Å². The third-order valence-corrected chi connectivity index (χ3v) is 5.28. The molecule has 0 unspecified atom stereocenters. The third-order valence-electron chi connectivity index (χ3n) is 4.43. The van der Waals surface area contributed by atoms with Crippen molar-refractivity contribution in [1.29, 1.82) is 5.26 Å². The van der Waals surface area contributed by atoms with Gasteiger partial charge in [0.05, 0.1) is 36.7 Å². The zero-order valence-electron chi connectivity index (χ0n) is 16.4. The van der Waals surface area contributed by atoms with E-state index in [9.17, 15) is 0 Å². The van der Waals surface area contributed by atoms with Gasteiger partial charge in [0.15, 0.2) is 11.5 Å². The molecule has 2 aromatic carbocycles. The maximum absolute atomic E-state index is 8.97. The lowest BCUT2D eigenvalue weighted by molar-refractivity contribution is 0.171. The van der Waals surface area contributed by atoms with Crippen LogP contribution in [0.5, 0.6) is 11.5 Å². The van der Waals surface area contributed by atoms with E-state index in [2.05, 4.69) is 16.2 Å². The van der Waals surface area contributed by atoms with Gasteiger partial charge in [-0.1, -0.05) is 12.1 Å².